The van der Waals surface area contributed by atoms with E-state index in [1.807, 2.05) is 13.8 Å². The Bertz CT molecular complexity index is 419. The van der Waals surface area contributed by atoms with E-state index in [-0.39, 0.29) is 5.91 Å². The molecule has 100 valence electrons. The van der Waals surface area contributed by atoms with Crippen LogP contribution in [0.1, 0.15) is 37.6 Å². The molecule has 0 spiro atoms. The van der Waals surface area contributed by atoms with Gasteiger partial charge >= 0.3 is 5.97 Å². The van der Waals surface area contributed by atoms with Crippen LogP contribution < -0.4 is 5.32 Å². The molecule has 1 aromatic rings. The number of ether oxygens (including phenoxy) is 1. The Morgan fingerprint density at radius 3 is 2.44 bits per heavy atom. The molecule has 1 N–H and O–H groups in total. The molecule has 0 aliphatic carbocycles. The highest BCUT2D eigenvalue weighted by molar-refractivity contribution is 7.80. The largest absolute Gasteiger partial charge is 0.465 e. The molecule has 0 heterocycles. The lowest BCUT2D eigenvalue weighted by atomic mass is 10.1. The zero-order chi connectivity index (χ0) is 14.1. The maximum absolute atomic E-state index is 11.4. The molecule has 5 heteroatoms. The molecule has 0 aromatic heterocycles. The summed E-state index contributed by atoms with van der Waals surface area (Å²) in [5.41, 5.74) is 0.744. The Hall–Kier alpha value is -1.49. The zero-order valence-electron chi connectivity index (χ0n) is 11.1. The number of nitrogens with one attached hydrogen (secondary N) is 1. The molecule has 18 heavy (non-hydrogen) atoms. The summed E-state index contributed by atoms with van der Waals surface area (Å²) in [6.07, 6.45) is 0.350. The van der Waals surface area contributed by atoms with Crippen molar-refractivity contribution in [3.8, 4) is 0 Å². The summed E-state index contributed by atoms with van der Waals surface area (Å²) in [7, 11) is 1.29. The lowest BCUT2D eigenvalue weighted by Crippen LogP contribution is -2.14. The molecular weight excluding hydrogens is 250 g/mol. The molecule has 0 bridgehead atoms. The molecule has 1 aromatic carbocycles. The van der Waals surface area contributed by atoms with Crippen LogP contribution in [0.3, 0.4) is 0 Å². The highest BCUT2D eigenvalue weighted by Crippen LogP contribution is 2.20. The number of anilines is 1. The van der Waals surface area contributed by atoms with Gasteiger partial charge in [0.1, 0.15) is 0 Å². The second kappa shape index (κ2) is 8.58. The standard InChI is InChI=1S/C11H13NO3S.C2H6/c1-3-10(13)12-9-5-4-7(16)6-8(9)11(14)15-2;1-2/h4-6,16H,3H2,1-2H3,(H,12,13);1-2H3. The van der Waals surface area contributed by atoms with Crippen LogP contribution >= 0.6 is 12.6 Å². The Balaban J connectivity index is 0.00000137. The van der Waals surface area contributed by atoms with Crippen molar-refractivity contribution in [2.75, 3.05) is 12.4 Å². The van der Waals surface area contributed by atoms with E-state index in [2.05, 4.69) is 22.7 Å². The van der Waals surface area contributed by atoms with E-state index in [1.54, 1.807) is 25.1 Å². The third-order valence-corrected chi connectivity index (χ3v) is 2.28. The van der Waals surface area contributed by atoms with E-state index in [0.717, 1.165) is 0 Å². The van der Waals surface area contributed by atoms with Crippen LogP contribution in [0.2, 0.25) is 0 Å². The van der Waals surface area contributed by atoms with Crippen LogP contribution in [0.15, 0.2) is 23.1 Å². The summed E-state index contributed by atoms with van der Waals surface area (Å²) in [5, 5.41) is 2.63. The summed E-state index contributed by atoms with van der Waals surface area (Å²) in [6, 6.07) is 4.88. The molecule has 0 saturated carbocycles. The number of amides is 1. The van der Waals surface area contributed by atoms with Crippen LogP contribution in [0.5, 0.6) is 0 Å². The van der Waals surface area contributed by atoms with Gasteiger partial charge in [0.2, 0.25) is 5.91 Å². The maximum atomic E-state index is 11.4. The normalized spacial score (nSPS) is 8.94. The smallest absolute Gasteiger partial charge is 0.340 e. The molecule has 1 rings (SSSR count). The van der Waals surface area contributed by atoms with E-state index >= 15 is 0 Å². The molecule has 0 unspecified atom stereocenters. The van der Waals surface area contributed by atoms with Crippen molar-refractivity contribution < 1.29 is 14.3 Å². The van der Waals surface area contributed by atoms with Gasteiger partial charge in [-0.2, -0.15) is 0 Å². The number of hydrogen-bond acceptors (Lipinski definition) is 4. The number of carbonyl (C=O) groups excluding carboxylic acids is 2. The van der Waals surface area contributed by atoms with Gasteiger partial charge in [-0.25, -0.2) is 4.79 Å². The van der Waals surface area contributed by atoms with Gasteiger partial charge < -0.3 is 10.1 Å². The average molecular weight is 269 g/mol. The third kappa shape index (κ3) is 4.79. The van der Waals surface area contributed by atoms with Crippen molar-refractivity contribution in [1.29, 1.82) is 0 Å². The number of hydrogen-bond donors (Lipinski definition) is 2. The van der Waals surface area contributed by atoms with Crippen molar-refractivity contribution in [2.24, 2.45) is 0 Å². The minimum Gasteiger partial charge on any atom is -0.465 e. The summed E-state index contributed by atoms with van der Waals surface area (Å²) in [4.78, 5) is 23.3. The number of thiol groups is 1. The van der Waals surface area contributed by atoms with E-state index in [9.17, 15) is 9.59 Å². The van der Waals surface area contributed by atoms with Gasteiger partial charge in [0.25, 0.3) is 0 Å². The van der Waals surface area contributed by atoms with Gasteiger partial charge in [0, 0.05) is 11.3 Å². The summed E-state index contributed by atoms with van der Waals surface area (Å²) in [5.74, 6) is -0.653. The molecule has 0 radical (unpaired) electrons. The maximum Gasteiger partial charge on any atom is 0.340 e. The van der Waals surface area contributed by atoms with E-state index in [4.69, 9.17) is 0 Å². The van der Waals surface area contributed by atoms with Crippen LogP contribution in [-0.4, -0.2) is 19.0 Å². The predicted molar refractivity (Wildman–Crippen MR) is 75.3 cm³/mol. The Kier molecular flexibility index (Phi) is 7.87. The van der Waals surface area contributed by atoms with Gasteiger partial charge in [0.05, 0.1) is 18.4 Å². The second-order valence-corrected chi connectivity index (χ2v) is 3.64. The predicted octanol–water partition coefficient (Wildman–Crippen LogP) is 3.14. The first-order valence-corrected chi connectivity index (χ1v) is 6.24. The highest BCUT2D eigenvalue weighted by atomic mass is 32.1. The van der Waals surface area contributed by atoms with Gasteiger partial charge in [0.15, 0.2) is 0 Å². The number of rotatable bonds is 3. The quantitative estimate of drug-likeness (QED) is 0.654. The number of esters is 1. The molecule has 4 nitrogen and oxygen atoms in total. The number of carbonyl (C=O) groups is 2. The first kappa shape index (κ1) is 16.5. The minimum atomic E-state index is -0.498. The highest BCUT2D eigenvalue weighted by Gasteiger charge is 2.13. The lowest BCUT2D eigenvalue weighted by Gasteiger charge is -2.09. The van der Waals surface area contributed by atoms with Crippen LogP contribution in [-0.2, 0) is 9.53 Å². The average Bonchev–Trinajstić information content (AvgIpc) is 2.41. The molecule has 0 atom stereocenters. The van der Waals surface area contributed by atoms with Crippen molar-refractivity contribution in [1.82, 2.24) is 0 Å². The Morgan fingerprint density at radius 2 is 1.94 bits per heavy atom. The molecular formula is C13H19NO3S. The van der Waals surface area contributed by atoms with E-state index in [1.165, 1.54) is 7.11 Å². The first-order chi connectivity index (χ1) is 8.58. The monoisotopic (exact) mass is 269 g/mol. The molecule has 1 amide bonds. The summed E-state index contributed by atoms with van der Waals surface area (Å²) >= 11 is 4.13. The fourth-order valence-electron chi connectivity index (χ4n) is 1.16. The summed E-state index contributed by atoms with van der Waals surface area (Å²) in [6.45, 7) is 5.74. The molecule has 0 saturated heterocycles. The van der Waals surface area contributed by atoms with E-state index in [0.29, 0.717) is 22.6 Å². The van der Waals surface area contributed by atoms with Gasteiger partial charge in [-0.15, -0.1) is 12.6 Å². The van der Waals surface area contributed by atoms with Crippen LogP contribution in [0.25, 0.3) is 0 Å². The SMILES string of the molecule is CC.CCC(=O)Nc1ccc(S)cc1C(=O)OC. The zero-order valence-corrected chi connectivity index (χ0v) is 12.0. The van der Waals surface area contributed by atoms with Crippen LogP contribution in [0, 0.1) is 0 Å². The molecule has 0 aliphatic rings. The van der Waals surface area contributed by atoms with Crippen molar-refractivity contribution in [2.45, 2.75) is 32.1 Å². The third-order valence-electron chi connectivity index (χ3n) is 2.00. The van der Waals surface area contributed by atoms with E-state index < -0.39 is 5.97 Å². The molecule has 0 fully saturated rings. The Labute approximate surface area is 113 Å². The Morgan fingerprint density at radius 1 is 1.33 bits per heavy atom. The summed E-state index contributed by atoms with van der Waals surface area (Å²) < 4.78 is 4.62. The fourth-order valence-corrected chi connectivity index (χ4v) is 1.36. The van der Waals surface area contributed by atoms with Gasteiger partial charge in [-0.3, -0.25) is 4.79 Å². The van der Waals surface area contributed by atoms with Gasteiger partial charge in [-0.1, -0.05) is 20.8 Å². The lowest BCUT2D eigenvalue weighted by molar-refractivity contribution is -0.115. The fraction of sp³-hybridized carbons (Fsp3) is 0.385. The van der Waals surface area contributed by atoms with Crippen LogP contribution in [0.4, 0.5) is 5.69 Å². The molecule has 0 aliphatic heterocycles. The first-order valence-electron chi connectivity index (χ1n) is 5.79. The van der Waals surface area contributed by atoms with Crippen molar-refractivity contribution in [3.63, 3.8) is 0 Å². The van der Waals surface area contributed by atoms with Crippen molar-refractivity contribution >= 4 is 30.2 Å². The number of methoxy groups -OCH3 is 1. The van der Waals surface area contributed by atoms with Gasteiger partial charge in [-0.05, 0) is 18.2 Å². The topological polar surface area (TPSA) is 55.4 Å². The minimum absolute atomic E-state index is 0.155. The second-order valence-electron chi connectivity index (χ2n) is 3.12. The van der Waals surface area contributed by atoms with Crippen molar-refractivity contribution in [3.05, 3.63) is 23.8 Å². The number of benzene rings is 1.